The number of amidine groups is 1. The van der Waals surface area contributed by atoms with E-state index in [0.717, 1.165) is 6.07 Å². The highest BCUT2D eigenvalue weighted by Gasteiger charge is 2.12. The first-order chi connectivity index (χ1) is 10.4. The lowest BCUT2D eigenvalue weighted by molar-refractivity contribution is 0.625. The highest BCUT2D eigenvalue weighted by molar-refractivity contribution is 6.13. The van der Waals surface area contributed by atoms with Gasteiger partial charge < -0.3 is 16.9 Å². The predicted octanol–water partition coefficient (Wildman–Crippen LogP) is 2.91. The molecule has 0 spiro atoms. The van der Waals surface area contributed by atoms with Crippen molar-refractivity contribution in [2.45, 2.75) is 0 Å². The molecule has 2 rings (SSSR count). The molecule has 0 heterocycles. The summed E-state index contributed by atoms with van der Waals surface area (Å²) in [4.78, 5) is 0. The van der Waals surface area contributed by atoms with Crippen LogP contribution in [0.25, 0.3) is 6.08 Å². The SMILES string of the molecule is N=C(/C=C/c1ccc(F)cc1)c1cc(C(=N)N)c(F)cc1N. The van der Waals surface area contributed by atoms with Gasteiger partial charge in [-0.1, -0.05) is 18.2 Å². The first-order valence-corrected chi connectivity index (χ1v) is 6.34. The van der Waals surface area contributed by atoms with Crippen LogP contribution in [0.5, 0.6) is 0 Å². The predicted molar refractivity (Wildman–Crippen MR) is 84.1 cm³/mol. The molecule has 0 unspecified atom stereocenters. The molecule has 0 amide bonds. The molecule has 112 valence electrons. The molecular weight excluding hydrogens is 286 g/mol. The maximum Gasteiger partial charge on any atom is 0.136 e. The minimum Gasteiger partial charge on any atom is -0.398 e. The molecule has 6 N–H and O–H groups in total. The summed E-state index contributed by atoms with van der Waals surface area (Å²) in [5, 5.41) is 15.3. The van der Waals surface area contributed by atoms with Gasteiger partial charge in [0.1, 0.15) is 17.5 Å². The van der Waals surface area contributed by atoms with Gasteiger partial charge in [0.25, 0.3) is 0 Å². The molecule has 0 saturated carbocycles. The Morgan fingerprint density at radius 3 is 2.23 bits per heavy atom. The Balaban J connectivity index is 2.31. The number of halogens is 2. The normalized spacial score (nSPS) is 10.8. The average molecular weight is 300 g/mol. The average Bonchev–Trinajstić information content (AvgIpc) is 2.46. The largest absolute Gasteiger partial charge is 0.398 e. The van der Waals surface area contributed by atoms with Crippen LogP contribution >= 0.6 is 0 Å². The summed E-state index contributed by atoms with van der Waals surface area (Å²) in [5.74, 6) is -1.49. The lowest BCUT2D eigenvalue weighted by Crippen LogP contribution is -2.15. The lowest BCUT2D eigenvalue weighted by Gasteiger charge is -2.08. The van der Waals surface area contributed by atoms with Gasteiger partial charge in [-0.15, -0.1) is 0 Å². The summed E-state index contributed by atoms with van der Waals surface area (Å²) in [7, 11) is 0. The van der Waals surface area contributed by atoms with E-state index in [1.807, 2.05) is 0 Å². The molecule has 0 bridgehead atoms. The van der Waals surface area contributed by atoms with E-state index < -0.39 is 11.7 Å². The standard InChI is InChI=1S/C16H14F2N4/c17-10-4-1-9(2-5-10)3-6-14(19)12-7-11(16(21)22)13(18)8-15(12)20/h1-8,19H,20H2,(H3,21,22)/b6-3+,19-14?. The summed E-state index contributed by atoms with van der Waals surface area (Å²) in [6.45, 7) is 0. The first-order valence-electron chi connectivity index (χ1n) is 6.34. The van der Waals surface area contributed by atoms with Crippen LogP contribution in [-0.2, 0) is 0 Å². The molecule has 22 heavy (non-hydrogen) atoms. The first kappa shape index (κ1) is 15.4. The second kappa shape index (κ2) is 6.17. The zero-order valence-corrected chi connectivity index (χ0v) is 11.5. The van der Waals surface area contributed by atoms with Crippen LogP contribution in [0.15, 0.2) is 42.5 Å². The number of allylic oxidation sites excluding steroid dienone is 1. The van der Waals surface area contributed by atoms with E-state index in [1.165, 1.54) is 24.3 Å². The van der Waals surface area contributed by atoms with Crippen molar-refractivity contribution < 1.29 is 8.78 Å². The van der Waals surface area contributed by atoms with Crippen LogP contribution in [0.1, 0.15) is 16.7 Å². The second-order valence-corrected chi connectivity index (χ2v) is 4.63. The van der Waals surface area contributed by atoms with E-state index in [0.29, 0.717) is 5.56 Å². The minimum absolute atomic E-state index is 0.0318. The number of rotatable bonds is 4. The van der Waals surface area contributed by atoms with Crippen molar-refractivity contribution in [1.29, 1.82) is 10.8 Å². The molecule has 0 atom stereocenters. The van der Waals surface area contributed by atoms with Crippen LogP contribution < -0.4 is 11.5 Å². The fraction of sp³-hybridized carbons (Fsp3) is 0. The van der Waals surface area contributed by atoms with Gasteiger partial charge in [0.05, 0.1) is 11.3 Å². The molecule has 0 aromatic heterocycles. The van der Waals surface area contributed by atoms with Gasteiger partial charge in [0.15, 0.2) is 0 Å². The summed E-state index contributed by atoms with van der Waals surface area (Å²) >= 11 is 0. The van der Waals surface area contributed by atoms with Crippen molar-refractivity contribution in [1.82, 2.24) is 0 Å². The molecular formula is C16H14F2N4. The number of nitrogen functional groups attached to an aromatic ring is 2. The van der Waals surface area contributed by atoms with Crippen molar-refractivity contribution in [2.75, 3.05) is 5.73 Å². The molecule has 2 aromatic carbocycles. The maximum absolute atomic E-state index is 13.6. The Kier molecular flexibility index (Phi) is 4.31. The number of anilines is 1. The Hall–Kier alpha value is -3.02. The Labute approximate surface area is 126 Å². The fourth-order valence-corrected chi connectivity index (χ4v) is 1.87. The van der Waals surface area contributed by atoms with Crippen molar-refractivity contribution in [2.24, 2.45) is 5.73 Å². The van der Waals surface area contributed by atoms with Crippen LogP contribution in [-0.4, -0.2) is 11.5 Å². The Morgan fingerprint density at radius 2 is 1.64 bits per heavy atom. The Morgan fingerprint density at radius 1 is 1.00 bits per heavy atom. The molecule has 0 aliphatic rings. The summed E-state index contributed by atoms with van der Waals surface area (Å²) in [6.07, 6.45) is 3.07. The molecule has 0 fully saturated rings. The Bertz CT molecular complexity index is 764. The number of nitrogens with one attached hydrogen (secondary N) is 2. The van der Waals surface area contributed by atoms with E-state index in [-0.39, 0.29) is 28.3 Å². The minimum atomic E-state index is -0.705. The fourth-order valence-electron chi connectivity index (χ4n) is 1.87. The zero-order valence-electron chi connectivity index (χ0n) is 11.5. The molecule has 0 aliphatic carbocycles. The van der Waals surface area contributed by atoms with Crippen molar-refractivity contribution in [3.8, 4) is 0 Å². The van der Waals surface area contributed by atoms with Crippen LogP contribution in [0, 0.1) is 22.5 Å². The lowest BCUT2D eigenvalue weighted by atomic mass is 10.0. The van der Waals surface area contributed by atoms with Crippen LogP contribution in [0.4, 0.5) is 14.5 Å². The molecule has 0 saturated heterocycles. The number of hydrogen-bond acceptors (Lipinski definition) is 3. The molecule has 0 radical (unpaired) electrons. The van der Waals surface area contributed by atoms with Gasteiger partial charge in [0, 0.05) is 11.3 Å². The second-order valence-electron chi connectivity index (χ2n) is 4.63. The summed E-state index contributed by atoms with van der Waals surface area (Å²) < 4.78 is 26.4. The van der Waals surface area contributed by atoms with Crippen molar-refractivity contribution >= 4 is 23.3 Å². The van der Waals surface area contributed by atoms with E-state index in [2.05, 4.69) is 0 Å². The maximum atomic E-state index is 13.6. The van der Waals surface area contributed by atoms with Gasteiger partial charge in [-0.05, 0) is 35.9 Å². The van der Waals surface area contributed by atoms with E-state index >= 15 is 0 Å². The number of nitrogens with two attached hydrogens (primary N) is 2. The third kappa shape index (κ3) is 3.35. The molecule has 0 aliphatic heterocycles. The van der Waals surface area contributed by atoms with Crippen LogP contribution in [0.2, 0.25) is 0 Å². The van der Waals surface area contributed by atoms with Gasteiger partial charge in [0.2, 0.25) is 0 Å². The summed E-state index contributed by atoms with van der Waals surface area (Å²) in [5.41, 5.74) is 12.0. The number of benzene rings is 2. The summed E-state index contributed by atoms with van der Waals surface area (Å²) in [6, 6.07) is 8.05. The van der Waals surface area contributed by atoms with Gasteiger partial charge in [-0.2, -0.15) is 0 Å². The van der Waals surface area contributed by atoms with E-state index in [4.69, 9.17) is 22.3 Å². The third-order valence-corrected chi connectivity index (χ3v) is 3.03. The monoisotopic (exact) mass is 300 g/mol. The molecule has 6 heteroatoms. The smallest absolute Gasteiger partial charge is 0.136 e. The van der Waals surface area contributed by atoms with Crippen LogP contribution in [0.3, 0.4) is 0 Å². The van der Waals surface area contributed by atoms with E-state index in [9.17, 15) is 8.78 Å². The third-order valence-electron chi connectivity index (χ3n) is 3.03. The quantitative estimate of drug-likeness (QED) is 0.396. The molecule has 4 nitrogen and oxygen atoms in total. The topological polar surface area (TPSA) is 99.7 Å². The van der Waals surface area contributed by atoms with E-state index in [1.54, 1.807) is 18.2 Å². The van der Waals surface area contributed by atoms with Gasteiger partial charge in [-0.25, -0.2) is 8.78 Å². The molecule has 2 aromatic rings. The van der Waals surface area contributed by atoms with Gasteiger partial charge in [-0.3, -0.25) is 5.41 Å². The highest BCUT2D eigenvalue weighted by Crippen LogP contribution is 2.19. The zero-order chi connectivity index (χ0) is 16.3. The van der Waals surface area contributed by atoms with Crippen molar-refractivity contribution in [3.05, 3.63) is 70.8 Å². The highest BCUT2D eigenvalue weighted by atomic mass is 19.1. The van der Waals surface area contributed by atoms with Crippen molar-refractivity contribution in [3.63, 3.8) is 0 Å². The number of hydrogen-bond donors (Lipinski definition) is 4. The van der Waals surface area contributed by atoms with Gasteiger partial charge >= 0.3 is 0 Å².